The monoisotopic (exact) mass is 544 g/mol. The molecule has 0 spiro atoms. The number of likely N-dealkylation sites (tertiary alicyclic amines) is 2. The van der Waals surface area contributed by atoms with Crippen LogP contribution in [-0.4, -0.2) is 68.6 Å². The molecule has 0 aliphatic carbocycles. The molecule has 0 atom stereocenters. The number of rotatable bonds is 9. The molecule has 0 amide bonds. The van der Waals surface area contributed by atoms with Crippen molar-refractivity contribution in [3.8, 4) is 11.4 Å². The average molecular weight is 545 g/mol. The van der Waals surface area contributed by atoms with E-state index in [-0.39, 0.29) is 13.0 Å². The van der Waals surface area contributed by atoms with Gasteiger partial charge in [0.15, 0.2) is 0 Å². The summed E-state index contributed by atoms with van der Waals surface area (Å²) in [4.78, 5) is 12.7. The van der Waals surface area contributed by atoms with Crippen LogP contribution in [0.25, 0.3) is 33.7 Å². The molecule has 5 rings (SSSR count). The normalized spacial score (nSPS) is 19.0. The van der Waals surface area contributed by atoms with Crippen LogP contribution in [0, 0.1) is 6.92 Å². The Labute approximate surface area is 234 Å². The highest BCUT2D eigenvalue weighted by Crippen LogP contribution is 2.33. The molecule has 0 bridgehead atoms. The Morgan fingerprint density at radius 1 is 1.15 bits per heavy atom. The first-order valence-corrected chi connectivity index (χ1v) is 14.0. The van der Waals surface area contributed by atoms with Gasteiger partial charge in [-0.25, -0.2) is 13.8 Å². The van der Waals surface area contributed by atoms with Gasteiger partial charge in [-0.05, 0) is 74.6 Å². The Hall–Kier alpha value is -3.78. The number of nitrogens with one attached hydrogen (secondary N) is 2. The summed E-state index contributed by atoms with van der Waals surface area (Å²) in [6.07, 6.45) is 13.2. The second-order valence-electron chi connectivity index (χ2n) is 10.7. The van der Waals surface area contributed by atoms with Crippen LogP contribution in [0.15, 0.2) is 67.3 Å². The molecule has 8 heteroatoms. The van der Waals surface area contributed by atoms with Crippen LogP contribution < -0.4 is 0 Å². The minimum atomic E-state index is -2.62. The van der Waals surface area contributed by atoms with E-state index in [0.29, 0.717) is 13.1 Å². The molecule has 0 aromatic carbocycles. The number of alkyl halides is 2. The summed E-state index contributed by atoms with van der Waals surface area (Å²) in [6.45, 7) is 14.6. The fourth-order valence-electron chi connectivity index (χ4n) is 5.69. The number of fused-ring (bicyclic) bond motifs is 1. The molecule has 0 radical (unpaired) electrons. The number of nitrogens with zero attached hydrogens (tertiary/aromatic N) is 4. The molecule has 2 aliphatic heterocycles. The van der Waals surface area contributed by atoms with Gasteiger partial charge in [-0.1, -0.05) is 31.4 Å². The van der Waals surface area contributed by atoms with Gasteiger partial charge in [0.05, 0.1) is 23.4 Å². The SMILES string of the molecule is C=C/C=C(\c1cc(-c2n[nH]c3ccc(C(/C=C(\C=C)CN4CCC(F)(F)C4)=C/C)nc23)[nH]c1C)N1CCCCC1. The lowest BCUT2D eigenvalue weighted by molar-refractivity contribution is 0.0131. The number of aromatic amines is 2. The first-order valence-electron chi connectivity index (χ1n) is 14.0. The molecule has 0 saturated carbocycles. The highest BCUT2D eigenvalue weighted by molar-refractivity contribution is 5.91. The van der Waals surface area contributed by atoms with Gasteiger partial charge in [0, 0.05) is 49.6 Å². The number of halogens is 2. The number of aromatic nitrogens is 4. The molecule has 2 fully saturated rings. The number of piperidine rings is 1. The predicted octanol–water partition coefficient (Wildman–Crippen LogP) is 7.13. The maximum Gasteiger partial charge on any atom is 0.261 e. The van der Waals surface area contributed by atoms with E-state index in [1.54, 1.807) is 11.0 Å². The van der Waals surface area contributed by atoms with Crippen molar-refractivity contribution in [2.24, 2.45) is 0 Å². The molecule has 2 N–H and O–H groups in total. The van der Waals surface area contributed by atoms with Crippen molar-refractivity contribution in [2.75, 3.05) is 32.7 Å². The second kappa shape index (κ2) is 11.8. The van der Waals surface area contributed by atoms with Crippen molar-refractivity contribution in [2.45, 2.75) is 45.5 Å². The molecule has 3 aromatic rings. The maximum atomic E-state index is 13.7. The van der Waals surface area contributed by atoms with Gasteiger partial charge in [0.2, 0.25) is 0 Å². The van der Waals surface area contributed by atoms with Crippen molar-refractivity contribution in [3.63, 3.8) is 0 Å². The number of aryl methyl sites for hydroxylation is 1. The Morgan fingerprint density at radius 3 is 2.62 bits per heavy atom. The summed E-state index contributed by atoms with van der Waals surface area (Å²) in [7, 11) is 0. The zero-order valence-electron chi connectivity index (χ0n) is 23.4. The van der Waals surface area contributed by atoms with E-state index in [1.807, 2.05) is 37.3 Å². The van der Waals surface area contributed by atoms with Gasteiger partial charge in [0.25, 0.3) is 5.92 Å². The van der Waals surface area contributed by atoms with E-state index >= 15 is 0 Å². The van der Waals surface area contributed by atoms with Gasteiger partial charge in [-0.15, -0.1) is 0 Å². The van der Waals surface area contributed by atoms with Crippen LogP contribution in [0.4, 0.5) is 8.78 Å². The fraction of sp³-hybridized carbons (Fsp3) is 0.375. The van der Waals surface area contributed by atoms with E-state index in [2.05, 4.69) is 52.3 Å². The van der Waals surface area contributed by atoms with Gasteiger partial charge < -0.3 is 9.88 Å². The summed E-state index contributed by atoms with van der Waals surface area (Å²) >= 11 is 0. The van der Waals surface area contributed by atoms with Crippen LogP contribution in [-0.2, 0) is 0 Å². The smallest absolute Gasteiger partial charge is 0.261 e. The van der Waals surface area contributed by atoms with E-state index in [1.165, 1.54) is 25.0 Å². The minimum absolute atomic E-state index is 0.0990. The number of allylic oxidation sites excluding steroid dienone is 5. The van der Waals surface area contributed by atoms with Gasteiger partial charge >= 0.3 is 0 Å². The number of hydrogen-bond acceptors (Lipinski definition) is 4. The van der Waals surface area contributed by atoms with Crippen molar-refractivity contribution >= 4 is 22.3 Å². The van der Waals surface area contributed by atoms with Crippen LogP contribution in [0.1, 0.15) is 49.6 Å². The van der Waals surface area contributed by atoms with E-state index < -0.39 is 5.92 Å². The molecule has 0 unspecified atom stereocenters. The number of H-pyrrole nitrogens is 2. The van der Waals surface area contributed by atoms with E-state index in [0.717, 1.165) is 63.6 Å². The molecule has 2 aliphatic rings. The predicted molar refractivity (Wildman–Crippen MR) is 160 cm³/mol. The molecule has 40 heavy (non-hydrogen) atoms. The summed E-state index contributed by atoms with van der Waals surface area (Å²) in [5, 5.41) is 7.75. The summed E-state index contributed by atoms with van der Waals surface area (Å²) in [5.41, 5.74) is 9.22. The van der Waals surface area contributed by atoms with Gasteiger partial charge in [-0.2, -0.15) is 5.10 Å². The zero-order valence-corrected chi connectivity index (χ0v) is 23.4. The third kappa shape index (κ3) is 5.87. The van der Waals surface area contributed by atoms with Crippen molar-refractivity contribution < 1.29 is 8.78 Å². The first-order chi connectivity index (χ1) is 19.3. The molecule has 3 aromatic heterocycles. The fourth-order valence-corrected chi connectivity index (χ4v) is 5.69. The Kier molecular flexibility index (Phi) is 8.17. The van der Waals surface area contributed by atoms with Crippen molar-refractivity contribution in [1.82, 2.24) is 30.0 Å². The van der Waals surface area contributed by atoms with Crippen LogP contribution in [0.3, 0.4) is 0 Å². The summed E-state index contributed by atoms with van der Waals surface area (Å²) in [6, 6.07) is 6.09. The summed E-state index contributed by atoms with van der Waals surface area (Å²) < 4.78 is 27.4. The third-order valence-corrected chi connectivity index (χ3v) is 7.79. The third-order valence-electron chi connectivity index (χ3n) is 7.79. The topological polar surface area (TPSA) is 63.8 Å². The summed E-state index contributed by atoms with van der Waals surface area (Å²) in [5.74, 6) is -2.62. The standard InChI is InChI=1S/C32H38F2N6/c1-5-11-29(40-15-9-8-10-16-40)25-19-28(35-22(25)4)31-30-27(37-38-31)13-12-26(36-30)24(7-3)18-23(6-2)20-39-17-14-32(33,34)21-39/h5-7,11-13,18-19,35H,1-2,8-10,14-17,20-21H2,3-4H3,(H,37,38)/b23-18+,24-7+,29-11+. The molecular formula is C32H38F2N6. The second-order valence-corrected chi connectivity index (χ2v) is 10.7. The molecule has 2 saturated heterocycles. The lowest BCUT2D eigenvalue weighted by Gasteiger charge is -2.31. The number of hydrogen-bond donors (Lipinski definition) is 2. The lowest BCUT2D eigenvalue weighted by Crippen LogP contribution is -2.28. The quantitative estimate of drug-likeness (QED) is 0.281. The van der Waals surface area contributed by atoms with Crippen molar-refractivity contribution in [3.05, 3.63) is 84.3 Å². The highest BCUT2D eigenvalue weighted by Gasteiger charge is 2.38. The van der Waals surface area contributed by atoms with Gasteiger partial charge in [0.1, 0.15) is 11.2 Å². The molecular weight excluding hydrogens is 506 g/mol. The van der Waals surface area contributed by atoms with Gasteiger partial charge in [-0.3, -0.25) is 10.00 Å². The Morgan fingerprint density at radius 2 is 1.95 bits per heavy atom. The minimum Gasteiger partial charge on any atom is -0.371 e. The van der Waals surface area contributed by atoms with E-state index in [9.17, 15) is 8.78 Å². The highest BCUT2D eigenvalue weighted by atomic mass is 19.3. The van der Waals surface area contributed by atoms with Crippen LogP contribution >= 0.6 is 0 Å². The first kappa shape index (κ1) is 27.8. The Bertz CT molecular complexity index is 1480. The van der Waals surface area contributed by atoms with Crippen molar-refractivity contribution in [1.29, 1.82) is 0 Å². The zero-order chi connectivity index (χ0) is 28.3. The van der Waals surface area contributed by atoms with E-state index in [4.69, 9.17) is 4.98 Å². The lowest BCUT2D eigenvalue weighted by atomic mass is 10.1. The largest absolute Gasteiger partial charge is 0.371 e. The maximum absolute atomic E-state index is 13.7. The molecule has 6 nitrogen and oxygen atoms in total. The Balaban J connectivity index is 1.45. The average Bonchev–Trinajstić information content (AvgIpc) is 3.65. The van der Waals surface area contributed by atoms with Crippen LogP contribution in [0.2, 0.25) is 0 Å². The number of pyridine rings is 1. The molecule has 210 valence electrons. The van der Waals surface area contributed by atoms with Crippen LogP contribution in [0.5, 0.6) is 0 Å². The molecule has 5 heterocycles.